The van der Waals surface area contributed by atoms with Crippen molar-refractivity contribution in [2.75, 3.05) is 50.1 Å². The summed E-state index contributed by atoms with van der Waals surface area (Å²) >= 11 is 6.11. The Morgan fingerprint density at radius 1 is 1.15 bits per heavy atom. The van der Waals surface area contributed by atoms with Crippen LogP contribution in [0.5, 0.6) is 0 Å². The fourth-order valence-corrected chi connectivity index (χ4v) is 4.27. The van der Waals surface area contributed by atoms with Gasteiger partial charge in [0.1, 0.15) is 18.0 Å². The van der Waals surface area contributed by atoms with Gasteiger partial charge >= 0.3 is 0 Å². The molecule has 6 nitrogen and oxygen atoms in total. The van der Waals surface area contributed by atoms with Gasteiger partial charge in [-0.05, 0) is 38.2 Å². The third-order valence-corrected chi connectivity index (χ3v) is 5.66. The van der Waals surface area contributed by atoms with E-state index in [2.05, 4.69) is 50.9 Å². The maximum atomic E-state index is 10.1. The molecule has 2 saturated heterocycles. The van der Waals surface area contributed by atoms with Gasteiger partial charge in [0.25, 0.3) is 0 Å². The second-order valence-corrected chi connectivity index (χ2v) is 8.29. The largest absolute Gasteiger partial charge is 0.391 e. The van der Waals surface area contributed by atoms with Gasteiger partial charge in [-0.1, -0.05) is 23.7 Å². The van der Waals surface area contributed by atoms with Crippen molar-refractivity contribution >= 4 is 23.2 Å². The van der Waals surface area contributed by atoms with Crippen LogP contribution in [-0.4, -0.2) is 72.4 Å². The van der Waals surface area contributed by atoms with Crippen LogP contribution in [0.3, 0.4) is 0 Å². The molecule has 0 aliphatic carbocycles. The number of likely N-dealkylation sites (N-methyl/N-ethyl adjacent to an activating group) is 1. The van der Waals surface area contributed by atoms with Gasteiger partial charge in [-0.3, -0.25) is 0 Å². The summed E-state index contributed by atoms with van der Waals surface area (Å²) in [5.74, 6) is 2.33. The van der Waals surface area contributed by atoms with Gasteiger partial charge < -0.3 is 19.8 Å². The molecule has 0 amide bonds. The highest BCUT2D eigenvalue weighted by atomic mass is 35.5. The predicted molar refractivity (Wildman–Crippen MR) is 109 cm³/mol. The molecule has 2 aliphatic heterocycles. The minimum absolute atomic E-state index is 0.272. The summed E-state index contributed by atoms with van der Waals surface area (Å²) in [7, 11) is 4.12. The molecule has 7 heteroatoms. The Labute approximate surface area is 165 Å². The fourth-order valence-electron chi connectivity index (χ4n) is 4.07. The van der Waals surface area contributed by atoms with Crippen LogP contribution < -0.4 is 9.80 Å². The average Bonchev–Trinajstić information content (AvgIpc) is 2.93. The normalized spacial score (nSPS) is 23.1. The third kappa shape index (κ3) is 4.03. The number of β-amino-alcohol motifs (C(OH)–C–C–N with tert-alkyl or cyclic N) is 1. The predicted octanol–water partition coefficient (Wildman–Crippen LogP) is 2.24. The lowest BCUT2D eigenvalue weighted by atomic mass is 9.91. The van der Waals surface area contributed by atoms with Crippen LogP contribution in [0.4, 0.5) is 11.6 Å². The van der Waals surface area contributed by atoms with Crippen LogP contribution in [0.15, 0.2) is 36.7 Å². The number of rotatable bonds is 5. The Bertz CT molecular complexity index is 795. The van der Waals surface area contributed by atoms with Crippen LogP contribution in [0.1, 0.15) is 17.9 Å². The topological polar surface area (TPSA) is 55.7 Å². The van der Waals surface area contributed by atoms with Gasteiger partial charge in [0.15, 0.2) is 0 Å². The van der Waals surface area contributed by atoms with E-state index < -0.39 is 0 Å². The summed E-state index contributed by atoms with van der Waals surface area (Å²) in [4.78, 5) is 15.6. The minimum atomic E-state index is -0.301. The Hall–Kier alpha value is -1.89. The van der Waals surface area contributed by atoms with E-state index in [4.69, 9.17) is 11.6 Å². The molecule has 0 unspecified atom stereocenters. The quantitative estimate of drug-likeness (QED) is 0.849. The van der Waals surface area contributed by atoms with Crippen LogP contribution in [-0.2, 0) is 0 Å². The zero-order valence-electron chi connectivity index (χ0n) is 15.8. The van der Waals surface area contributed by atoms with E-state index in [-0.39, 0.29) is 12.1 Å². The van der Waals surface area contributed by atoms with Crippen molar-refractivity contribution in [1.82, 2.24) is 14.9 Å². The molecule has 2 atom stereocenters. The molecule has 0 spiro atoms. The lowest BCUT2D eigenvalue weighted by Gasteiger charge is -2.40. The van der Waals surface area contributed by atoms with Crippen LogP contribution in [0.25, 0.3) is 0 Å². The number of nitrogens with zero attached hydrogens (tertiary/aromatic N) is 5. The smallest absolute Gasteiger partial charge is 0.134 e. The Morgan fingerprint density at radius 2 is 1.93 bits per heavy atom. The third-order valence-electron chi connectivity index (χ3n) is 5.43. The highest BCUT2D eigenvalue weighted by Crippen LogP contribution is 2.33. The monoisotopic (exact) mass is 387 g/mol. The van der Waals surface area contributed by atoms with Crippen molar-refractivity contribution in [3.8, 4) is 0 Å². The van der Waals surface area contributed by atoms with Crippen molar-refractivity contribution in [2.45, 2.75) is 24.5 Å². The number of hydrogen-bond acceptors (Lipinski definition) is 6. The molecule has 2 fully saturated rings. The van der Waals surface area contributed by atoms with E-state index in [1.54, 1.807) is 6.33 Å². The van der Waals surface area contributed by atoms with Gasteiger partial charge in [-0.2, -0.15) is 0 Å². The second kappa shape index (κ2) is 7.62. The first-order chi connectivity index (χ1) is 13.0. The zero-order chi connectivity index (χ0) is 19.0. The molecule has 1 N–H and O–H groups in total. The molecular weight excluding hydrogens is 362 g/mol. The summed E-state index contributed by atoms with van der Waals surface area (Å²) < 4.78 is 0. The van der Waals surface area contributed by atoms with Gasteiger partial charge in [0.2, 0.25) is 0 Å². The highest BCUT2D eigenvalue weighted by Gasteiger charge is 2.34. The van der Waals surface area contributed by atoms with Gasteiger partial charge in [-0.25, -0.2) is 9.97 Å². The number of anilines is 2. The van der Waals surface area contributed by atoms with Crippen molar-refractivity contribution in [3.05, 3.63) is 47.2 Å². The van der Waals surface area contributed by atoms with Crippen LogP contribution in [0, 0.1) is 0 Å². The molecule has 3 heterocycles. The summed E-state index contributed by atoms with van der Waals surface area (Å²) in [5, 5.41) is 10.9. The van der Waals surface area contributed by atoms with Gasteiger partial charge in [0, 0.05) is 49.2 Å². The number of hydrogen-bond donors (Lipinski definition) is 1. The Morgan fingerprint density at radius 3 is 2.67 bits per heavy atom. The molecule has 27 heavy (non-hydrogen) atoms. The molecule has 0 bridgehead atoms. The molecule has 1 aromatic carbocycles. The van der Waals surface area contributed by atoms with Gasteiger partial charge in [-0.15, -0.1) is 0 Å². The molecule has 0 radical (unpaired) electrons. The van der Waals surface area contributed by atoms with Crippen LogP contribution >= 0.6 is 11.6 Å². The highest BCUT2D eigenvalue weighted by molar-refractivity contribution is 6.30. The number of benzene rings is 1. The molecule has 0 saturated carbocycles. The molecule has 1 aromatic heterocycles. The first-order valence-corrected chi connectivity index (χ1v) is 9.79. The lowest BCUT2D eigenvalue weighted by Crippen LogP contribution is -2.45. The molecular formula is C20H26ClN5O. The zero-order valence-corrected chi connectivity index (χ0v) is 16.5. The second-order valence-electron chi connectivity index (χ2n) is 7.85. The van der Waals surface area contributed by atoms with E-state index in [1.165, 1.54) is 5.56 Å². The molecule has 4 rings (SSSR count). The number of aliphatic hydroxyl groups excluding tert-OH is 1. The van der Waals surface area contributed by atoms with Gasteiger partial charge in [0.05, 0.1) is 6.10 Å². The van der Waals surface area contributed by atoms with E-state index in [0.717, 1.165) is 42.7 Å². The average molecular weight is 388 g/mol. The summed E-state index contributed by atoms with van der Waals surface area (Å²) in [6.07, 6.45) is 2.11. The van der Waals surface area contributed by atoms with Crippen molar-refractivity contribution in [3.63, 3.8) is 0 Å². The standard InChI is InChI=1S/C20H26ClN5O/c1-24(2)11-17-7-18(27)12-26(17)20-8-19(22-13-23-20)25-9-15(10-25)14-4-3-5-16(21)6-14/h3-6,8,13,15,17-18,27H,7,9-12H2,1-2H3/t17-,18-/m1/s1. The summed E-state index contributed by atoms with van der Waals surface area (Å²) in [5.41, 5.74) is 1.28. The molecule has 144 valence electrons. The maximum absolute atomic E-state index is 10.1. The summed E-state index contributed by atoms with van der Waals surface area (Å²) in [6.45, 7) is 3.39. The first kappa shape index (κ1) is 18.5. The maximum Gasteiger partial charge on any atom is 0.134 e. The van der Waals surface area contributed by atoms with E-state index >= 15 is 0 Å². The summed E-state index contributed by atoms with van der Waals surface area (Å²) in [6, 6.07) is 10.4. The Kier molecular flexibility index (Phi) is 5.21. The molecule has 2 aromatic rings. The van der Waals surface area contributed by atoms with Crippen molar-refractivity contribution in [1.29, 1.82) is 0 Å². The van der Waals surface area contributed by atoms with Crippen LogP contribution in [0.2, 0.25) is 5.02 Å². The SMILES string of the molecule is CN(C)C[C@H]1C[C@@H](O)CN1c1cc(N2CC(c3cccc(Cl)c3)C2)ncn1. The number of aliphatic hydroxyl groups is 1. The fraction of sp³-hybridized carbons (Fsp3) is 0.500. The minimum Gasteiger partial charge on any atom is -0.391 e. The number of halogens is 1. The van der Waals surface area contributed by atoms with Crippen molar-refractivity contribution in [2.24, 2.45) is 0 Å². The number of aromatic nitrogens is 2. The van der Waals surface area contributed by atoms with E-state index in [1.807, 2.05) is 18.2 Å². The Balaban J connectivity index is 1.46. The lowest BCUT2D eigenvalue weighted by molar-refractivity contribution is 0.191. The first-order valence-electron chi connectivity index (χ1n) is 9.41. The van der Waals surface area contributed by atoms with Crippen molar-refractivity contribution < 1.29 is 5.11 Å². The molecule has 2 aliphatic rings. The van der Waals surface area contributed by atoms with E-state index in [0.29, 0.717) is 12.5 Å². The van der Waals surface area contributed by atoms with E-state index in [9.17, 15) is 5.11 Å².